The third-order valence-corrected chi connectivity index (χ3v) is 11.8. The summed E-state index contributed by atoms with van der Waals surface area (Å²) < 4.78 is 2.41. The highest BCUT2D eigenvalue weighted by molar-refractivity contribution is 6.13. The number of hydrogen-bond acceptors (Lipinski definition) is 1. The molecule has 0 fully saturated rings. The second-order valence-corrected chi connectivity index (χ2v) is 14.9. The highest BCUT2D eigenvalue weighted by Crippen LogP contribution is 2.57. The molecule has 0 amide bonds. The zero-order valence-corrected chi connectivity index (χ0v) is 31.3. The van der Waals surface area contributed by atoms with E-state index < -0.39 is 5.41 Å². The molecule has 0 N–H and O–H groups in total. The first-order valence-electron chi connectivity index (χ1n) is 19.7. The molecule has 1 heterocycles. The summed E-state index contributed by atoms with van der Waals surface area (Å²) in [7, 11) is 0. The molecule has 0 bridgehead atoms. The molecule has 0 unspecified atom stereocenters. The molecule has 0 radical (unpaired) electrons. The first-order valence-corrected chi connectivity index (χ1v) is 19.7. The van der Waals surface area contributed by atoms with Crippen molar-refractivity contribution in [3.8, 4) is 27.9 Å². The van der Waals surface area contributed by atoms with Crippen LogP contribution < -0.4 is 4.90 Å². The number of anilines is 3. The Kier molecular flexibility index (Phi) is 7.75. The van der Waals surface area contributed by atoms with E-state index in [9.17, 15) is 0 Å². The van der Waals surface area contributed by atoms with Crippen LogP contribution in [-0.2, 0) is 5.41 Å². The molecule has 57 heavy (non-hydrogen) atoms. The third-order valence-electron chi connectivity index (χ3n) is 11.8. The molecule has 2 nitrogen and oxygen atoms in total. The second-order valence-electron chi connectivity index (χ2n) is 14.9. The van der Waals surface area contributed by atoms with Gasteiger partial charge in [0.05, 0.1) is 22.1 Å². The Morgan fingerprint density at radius 2 is 0.912 bits per heavy atom. The Bertz CT molecular complexity index is 3000. The lowest BCUT2D eigenvalue weighted by molar-refractivity contribution is 0.768. The molecule has 268 valence electrons. The van der Waals surface area contributed by atoms with Crippen molar-refractivity contribution in [3.63, 3.8) is 0 Å². The smallest absolute Gasteiger partial charge is 0.0713 e. The summed E-state index contributed by atoms with van der Waals surface area (Å²) in [6.07, 6.45) is 0. The van der Waals surface area contributed by atoms with E-state index in [1.165, 1.54) is 60.8 Å². The van der Waals surface area contributed by atoms with Crippen LogP contribution in [0.3, 0.4) is 0 Å². The van der Waals surface area contributed by atoms with Gasteiger partial charge in [0, 0.05) is 33.4 Å². The maximum atomic E-state index is 2.46. The van der Waals surface area contributed by atoms with Crippen LogP contribution in [0.1, 0.15) is 22.3 Å². The van der Waals surface area contributed by atoms with E-state index in [4.69, 9.17) is 0 Å². The number of rotatable bonds is 7. The highest BCUT2D eigenvalue weighted by Gasteiger charge is 2.46. The van der Waals surface area contributed by atoms with Crippen LogP contribution in [0.15, 0.2) is 231 Å². The molecule has 0 saturated carbocycles. The molecule has 10 aromatic rings. The molecule has 1 aliphatic rings. The number of hydrogen-bond donors (Lipinski definition) is 0. The number of benzene rings is 9. The largest absolute Gasteiger partial charge is 0.310 e. The van der Waals surface area contributed by atoms with Crippen LogP contribution in [0, 0.1) is 0 Å². The van der Waals surface area contributed by atoms with Gasteiger partial charge in [-0.25, -0.2) is 0 Å². The molecule has 0 atom stereocenters. The minimum Gasteiger partial charge on any atom is -0.310 e. The van der Waals surface area contributed by atoms with Crippen molar-refractivity contribution in [1.82, 2.24) is 4.57 Å². The van der Waals surface area contributed by atoms with Crippen LogP contribution >= 0.6 is 0 Å². The molecular formula is C55H38N2. The summed E-state index contributed by atoms with van der Waals surface area (Å²) in [4.78, 5) is 2.46. The maximum absolute atomic E-state index is 2.46. The fraction of sp³-hybridized carbons (Fsp3) is 0.0182. The lowest BCUT2D eigenvalue weighted by Gasteiger charge is -2.34. The Morgan fingerprint density at radius 3 is 1.61 bits per heavy atom. The fourth-order valence-corrected chi connectivity index (χ4v) is 9.47. The molecule has 1 aromatic heterocycles. The summed E-state index contributed by atoms with van der Waals surface area (Å²) in [5.74, 6) is 0. The van der Waals surface area contributed by atoms with Gasteiger partial charge < -0.3 is 9.47 Å². The van der Waals surface area contributed by atoms with Crippen molar-refractivity contribution < 1.29 is 0 Å². The third kappa shape index (κ3) is 5.11. The normalized spacial score (nSPS) is 12.7. The van der Waals surface area contributed by atoms with Gasteiger partial charge in [-0.1, -0.05) is 176 Å². The van der Waals surface area contributed by atoms with Crippen LogP contribution in [0.2, 0.25) is 0 Å². The maximum Gasteiger partial charge on any atom is 0.0713 e. The Balaban J connectivity index is 1.21. The van der Waals surface area contributed by atoms with Crippen LogP contribution in [-0.4, -0.2) is 4.57 Å². The number of fused-ring (bicyclic) bond motifs is 6. The van der Waals surface area contributed by atoms with Gasteiger partial charge in [0.25, 0.3) is 0 Å². The van der Waals surface area contributed by atoms with Crippen LogP contribution in [0.5, 0.6) is 0 Å². The van der Waals surface area contributed by atoms with Gasteiger partial charge in [0.2, 0.25) is 0 Å². The average Bonchev–Trinajstić information content (AvgIpc) is 3.78. The van der Waals surface area contributed by atoms with Crippen molar-refractivity contribution in [2.45, 2.75) is 5.41 Å². The van der Waals surface area contributed by atoms with E-state index in [0.717, 1.165) is 28.3 Å². The monoisotopic (exact) mass is 726 g/mol. The Hall–Kier alpha value is -7.42. The van der Waals surface area contributed by atoms with Crippen molar-refractivity contribution in [3.05, 3.63) is 253 Å². The highest BCUT2D eigenvalue weighted by atomic mass is 15.1. The molecule has 2 heteroatoms. The predicted octanol–water partition coefficient (Wildman–Crippen LogP) is 14.3. The summed E-state index contributed by atoms with van der Waals surface area (Å²) >= 11 is 0. The van der Waals surface area contributed by atoms with Crippen LogP contribution in [0.4, 0.5) is 17.1 Å². The fourth-order valence-electron chi connectivity index (χ4n) is 9.47. The second kappa shape index (κ2) is 13.4. The predicted molar refractivity (Wildman–Crippen MR) is 238 cm³/mol. The van der Waals surface area contributed by atoms with Gasteiger partial charge >= 0.3 is 0 Å². The SMILES string of the molecule is c1ccc(-c2cc3c(cc2N(c2ccccc2)c2ccc4c(c2)-c2ccccc2C4(c2ccccc2)c2ccccc2)c2ccccc2n3-c2ccccc2)cc1. The topological polar surface area (TPSA) is 8.17 Å². The molecule has 9 aromatic carbocycles. The van der Waals surface area contributed by atoms with Gasteiger partial charge in [-0.3, -0.25) is 0 Å². The molecule has 0 saturated heterocycles. The van der Waals surface area contributed by atoms with E-state index in [1.807, 2.05) is 0 Å². The summed E-state index contributed by atoms with van der Waals surface area (Å²) in [5, 5.41) is 2.44. The van der Waals surface area contributed by atoms with Crippen LogP contribution in [0.25, 0.3) is 49.7 Å². The van der Waals surface area contributed by atoms with E-state index in [2.05, 4.69) is 240 Å². The van der Waals surface area contributed by atoms with Crippen molar-refractivity contribution in [2.75, 3.05) is 4.90 Å². The molecule has 1 aliphatic carbocycles. The lowest BCUT2D eigenvalue weighted by atomic mass is 9.68. The first kappa shape index (κ1) is 33.0. The van der Waals surface area contributed by atoms with Gasteiger partial charge in [-0.2, -0.15) is 0 Å². The van der Waals surface area contributed by atoms with E-state index in [1.54, 1.807) is 0 Å². The van der Waals surface area contributed by atoms with E-state index >= 15 is 0 Å². The summed E-state index contributed by atoms with van der Waals surface area (Å²) in [6, 6.07) is 84.3. The standard InChI is InChI=1S/C55H38N2/c1-6-20-39(21-7-1)47-37-54-49(46-31-17-19-33-52(46)57(54)43-28-14-5-15-29-43)38-53(47)56(42-26-12-4-13-27-42)44-34-35-51-48(36-44)45-30-16-18-32-50(45)55(51,40-22-8-2-9-23-40)41-24-10-3-11-25-41/h1-38H. The summed E-state index contributed by atoms with van der Waals surface area (Å²) in [6.45, 7) is 0. The van der Waals surface area contributed by atoms with E-state index in [-0.39, 0.29) is 0 Å². The first-order chi connectivity index (χ1) is 28.3. The van der Waals surface area contributed by atoms with Crippen molar-refractivity contribution >= 4 is 38.9 Å². The molecule has 0 spiro atoms. The van der Waals surface area contributed by atoms with Crippen molar-refractivity contribution in [1.29, 1.82) is 0 Å². The van der Waals surface area contributed by atoms with E-state index in [0.29, 0.717) is 0 Å². The number of para-hydroxylation sites is 3. The number of nitrogens with zero attached hydrogens (tertiary/aromatic N) is 2. The van der Waals surface area contributed by atoms with Crippen molar-refractivity contribution in [2.24, 2.45) is 0 Å². The van der Waals surface area contributed by atoms with Gasteiger partial charge in [0.1, 0.15) is 0 Å². The Labute approximate surface area is 333 Å². The minimum atomic E-state index is -0.460. The lowest BCUT2D eigenvalue weighted by Crippen LogP contribution is -2.28. The zero-order chi connectivity index (χ0) is 37.8. The molecular weight excluding hydrogens is 689 g/mol. The molecule has 0 aliphatic heterocycles. The minimum absolute atomic E-state index is 0.460. The average molecular weight is 727 g/mol. The van der Waals surface area contributed by atoms with Gasteiger partial charge in [-0.15, -0.1) is 0 Å². The molecule has 11 rings (SSSR count). The van der Waals surface area contributed by atoms with Gasteiger partial charge in [0.15, 0.2) is 0 Å². The number of aromatic nitrogens is 1. The van der Waals surface area contributed by atoms with Gasteiger partial charge in [-0.05, 0) is 93.5 Å². The quantitative estimate of drug-likeness (QED) is 0.159. The summed E-state index contributed by atoms with van der Waals surface area (Å²) in [5.41, 5.74) is 16.4. The Morgan fingerprint density at radius 1 is 0.351 bits per heavy atom. The zero-order valence-electron chi connectivity index (χ0n) is 31.3.